The normalized spacial score (nSPS) is 18.4. The van der Waals surface area contributed by atoms with Crippen molar-refractivity contribution in [3.8, 4) is 0 Å². The lowest BCUT2D eigenvalue weighted by molar-refractivity contribution is -0.0785. The Bertz CT molecular complexity index is 1180. The number of carbonyl (C=O) groups is 2. The van der Waals surface area contributed by atoms with Gasteiger partial charge in [0.15, 0.2) is 0 Å². The molecule has 9 nitrogen and oxygen atoms in total. The largest absolute Gasteiger partial charge is 0.442 e. The van der Waals surface area contributed by atoms with Gasteiger partial charge in [-0.15, -0.1) is 0 Å². The van der Waals surface area contributed by atoms with Crippen LogP contribution in [-0.2, 0) is 19.5 Å². The maximum atomic E-state index is 13.9. The monoisotopic (exact) mass is 563 g/mol. The summed E-state index contributed by atoms with van der Waals surface area (Å²) in [5, 5.41) is 2.59. The van der Waals surface area contributed by atoms with E-state index in [9.17, 15) is 18.0 Å². The first kappa shape index (κ1) is 30.8. The summed E-state index contributed by atoms with van der Waals surface area (Å²) >= 11 is 0. The maximum absolute atomic E-state index is 13.9. The molecule has 0 saturated carbocycles. The molecule has 1 unspecified atom stereocenters. The standard InChI is InChI=1S/C29H45N3O6S/c1-9-10-11-12-13-24-25-22(18-19-31(25)39(35,36)23-16-14-21(2)15-17-23)20-30(26(33)37-28(3,4)5)32(24)27(34)38-29(6,7)8/h14-17,24H,9-13,18-20H2,1-8H3. The predicted molar refractivity (Wildman–Crippen MR) is 150 cm³/mol. The smallest absolute Gasteiger partial charge is 0.430 e. The highest BCUT2D eigenvalue weighted by Gasteiger charge is 2.49. The van der Waals surface area contributed by atoms with Crippen molar-refractivity contribution >= 4 is 22.2 Å². The van der Waals surface area contributed by atoms with Gasteiger partial charge < -0.3 is 9.47 Å². The van der Waals surface area contributed by atoms with Gasteiger partial charge in [-0.1, -0.05) is 50.3 Å². The van der Waals surface area contributed by atoms with Crippen LogP contribution in [0.25, 0.3) is 0 Å². The number of amides is 2. The van der Waals surface area contributed by atoms with E-state index in [1.807, 2.05) is 6.92 Å². The van der Waals surface area contributed by atoms with E-state index in [1.54, 1.807) is 65.8 Å². The van der Waals surface area contributed by atoms with Gasteiger partial charge in [-0.2, -0.15) is 0 Å². The van der Waals surface area contributed by atoms with Crippen molar-refractivity contribution < 1.29 is 27.5 Å². The predicted octanol–water partition coefficient (Wildman–Crippen LogP) is 6.39. The number of rotatable bonds is 7. The van der Waals surface area contributed by atoms with E-state index in [1.165, 1.54) is 14.3 Å². The Kier molecular flexibility index (Phi) is 9.30. The Morgan fingerprint density at radius 2 is 1.51 bits per heavy atom. The lowest BCUT2D eigenvalue weighted by atomic mass is 9.99. The summed E-state index contributed by atoms with van der Waals surface area (Å²) in [4.78, 5) is 27.3. The fraction of sp³-hybridized carbons (Fsp3) is 0.655. The number of hydrazine groups is 1. The average molecular weight is 564 g/mol. The van der Waals surface area contributed by atoms with Crippen molar-refractivity contribution in [2.45, 2.75) is 116 Å². The number of carbonyl (C=O) groups excluding carboxylic acids is 2. The number of unbranched alkanes of at least 4 members (excludes halogenated alkanes) is 3. The Hall–Kier alpha value is -2.75. The summed E-state index contributed by atoms with van der Waals surface area (Å²) in [6.07, 6.45) is 3.31. The van der Waals surface area contributed by atoms with E-state index in [0.717, 1.165) is 36.8 Å². The summed E-state index contributed by atoms with van der Waals surface area (Å²) in [6, 6.07) is 6.08. The number of nitrogens with zero attached hydrogens (tertiary/aromatic N) is 3. The number of ether oxygens (including phenoxy) is 2. The molecule has 2 heterocycles. The molecule has 0 aromatic heterocycles. The molecule has 1 aromatic carbocycles. The zero-order valence-electron chi connectivity index (χ0n) is 24.7. The molecule has 0 saturated heterocycles. The number of sulfonamides is 1. The number of hydrogen-bond acceptors (Lipinski definition) is 6. The highest BCUT2D eigenvalue weighted by atomic mass is 32.2. The summed E-state index contributed by atoms with van der Waals surface area (Å²) in [7, 11) is -3.88. The molecule has 0 aliphatic carbocycles. The second kappa shape index (κ2) is 11.8. The second-order valence-electron chi connectivity index (χ2n) is 12.4. The SMILES string of the molecule is CCCCCCC1C2=C(CCN2S(=O)(=O)c2ccc(C)cc2)CN(C(=O)OC(C)(C)C)N1C(=O)OC(C)(C)C. The van der Waals surface area contributed by atoms with Gasteiger partial charge in [-0.25, -0.2) is 28.0 Å². The molecule has 2 aliphatic rings. The van der Waals surface area contributed by atoms with Crippen molar-refractivity contribution in [2.24, 2.45) is 0 Å². The van der Waals surface area contributed by atoms with Crippen LogP contribution < -0.4 is 0 Å². The van der Waals surface area contributed by atoms with Gasteiger partial charge in [0.1, 0.15) is 11.2 Å². The Morgan fingerprint density at radius 3 is 2.08 bits per heavy atom. The maximum Gasteiger partial charge on any atom is 0.430 e. The Balaban J connectivity index is 2.11. The first-order valence-electron chi connectivity index (χ1n) is 13.9. The minimum Gasteiger partial charge on any atom is -0.442 e. The summed E-state index contributed by atoms with van der Waals surface area (Å²) in [5.74, 6) is 0. The molecule has 3 rings (SSSR count). The molecule has 2 aliphatic heterocycles. The van der Waals surface area contributed by atoms with Crippen molar-refractivity contribution in [1.29, 1.82) is 0 Å². The van der Waals surface area contributed by atoms with Gasteiger partial charge in [-0.05, 0) is 79.0 Å². The molecular formula is C29H45N3O6S. The van der Waals surface area contributed by atoms with Crippen molar-refractivity contribution in [3.05, 3.63) is 41.1 Å². The van der Waals surface area contributed by atoms with Crippen molar-refractivity contribution in [3.63, 3.8) is 0 Å². The number of hydrogen-bond donors (Lipinski definition) is 0. The van der Waals surface area contributed by atoms with Crippen LogP contribution in [0, 0.1) is 6.92 Å². The second-order valence-corrected chi connectivity index (χ2v) is 14.2. The van der Waals surface area contributed by atoms with Crippen LogP contribution in [0.5, 0.6) is 0 Å². The van der Waals surface area contributed by atoms with Gasteiger partial charge in [0.05, 0.1) is 23.2 Å². The van der Waals surface area contributed by atoms with E-state index < -0.39 is 39.5 Å². The average Bonchev–Trinajstić information content (AvgIpc) is 3.24. The van der Waals surface area contributed by atoms with Crippen molar-refractivity contribution in [1.82, 2.24) is 14.3 Å². The molecule has 1 aromatic rings. The molecule has 2 amide bonds. The van der Waals surface area contributed by atoms with Crippen LogP contribution in [-0.4, -0.2) is 65.3 Å². The lowest BCUT2D eigenvalue weighted by Gasteiger charge is -2.45. The highest BCUT2D eigenvalue weighted by molar-refractivity contribution is 7.89. The summed E-state index contributed by atoms with van der Waals surface area (Å²) < 4.78 is 40.6. The minimum atomic E-state index is -3.88. The topological polar surface area (TPSA) is 96.5 Å². The number of aryl methyl sites for hydroxylation is 1. The molecule has 1 atom stereocenters. The van der Waals surface area contributed by atoms with E-state index in [-0.39, 0.29) is 18.0 Å². The molecule has 0 bridgehead atoms. The molecule has 39 heavy (non-hydrogen) atoms. The number of benzene rings is 1. The first-order chi connectivity index (χ1) is 18.0. The third-order valence-corrected chi connectivity index (χ3v) is 8.41. The minimum absolute atomic E-state index is 0.0505. The molecule has 0 spiro atoms. The molecule has 218 valence electrons. The van der Waals surface area contributed by atoms with Crippen LogP contribution >= 0.6 is 0 Å². The van der Waals surface area contributed by atoms with Gasteiger partial charge in [-0.3, -0.25) is 4.31 Å². The Labute approximate surface area is 234 Å². The molecule has 0 fully saturated rings. The van der Waals surface area contributed by atoms with Gasteiger partial charge >= 0.3 is 12.2 Å². The van der Waals surface area contributed by atoms with Crippen LogP contribution in [0.4, 0.5) is 9.59 Å². The molecule has 0 radical (unpaired) electrons. The molecular weight excluding hydrogens is 518 g/mol. The van der Waals surface area contributed by atoms with Crippen LogP contribution in [0.15, 0.2) is 40.4 Å². The first-order valence-corrected chi connectivity index (χ1v) is 15.3. The van der Waals surface area contributed by atoms with Gasteiger partial charge in [0.2, 0.25) is 0 Å². The highest BCUT2D eigenvalue weighted by Crippen LogP contribution is 2.40. The lowest BCUT2D eigenvalue weighted by Crippen LogP contribution is -2.61. The van der Waals surface area contributed by atoms with E-state index in [4.69, 9.17) is 9.47 Å². The fourth-order valence-electron chi connectivity index (χ4n) is 4.88. The molecule has 10 heteroatoms. The van der Waals surface area contributed by atoms with Gasteiger partial charge in [0.25, 0.3) is 10.0 Å². The molecule has 0 N–H and O–H groups in total. The van der Waals surface area contributed by atoms with E-state index in [0.29, 0.717) is 18.5 Å². The van der Waals surface area contributed by atoms with Gasteiger partial charge in [0, 0.05) is 6.54 Å². The quantitative estimate of drug-likeness (QED) is 0.357. The van der Waals surface area contributed by atoms with E-state index >= 15 is 0 Å². The van der Waals surface area contributed by atoms with Crippen LogP contribution in [0.2, 0.25) is 0 Å². The van der Waals surface area contributed by atoms with E-state index in [2.05, 4.69) is 6.92 Å². The third kappa shape index (κ3) is 7.47. The van der Waals surface area contributed by atoms with Crippen LogP contribution in [0.3, 0.4) is 0 Å². The van der Waals surface area contributed by atoms with Crippen LogP contribution in [0.1, 0.15) is 92.6 Å². The zero-order chi connectivity index (χ0) is 29.2. The zero-order valence-corrected chi connectivity index (χ0v) is 25.6. The fourth-order valence-corrected chi connectivity index (χ4v) is 6.45. The summed E-state index contributed by atoms with van der Waals surface area (Å²) in [5.41, 5.74) is 0.750. The van der Waals surface area contributed by atoms with Crippen molar-refractivity contribution in [2.75, 3.05) is 13.1 Å². The Morgan fingerprint density at radius 1 is 0.923 bits per heavy atom. The summed E-state index contributed by atoms with van der Waals surface area (Å²) in [6.45, 7) is 14.9. The third-order valence-electron chi connectivity index (χ3n) is 6.58.